The fourth-order valence-electron chi connectivity index (χ4n) is 3.56. The molecule has 1 aliphatic carbocycles. The van der Waals surface area contributed by atoms with Crippen LogP contribution in [0.1, 0.15) is 42.5 Å². The number of rotatable bonds is 5. The molecule has 0 spiro atoms. The second kappa shape index (κ2) is 9.41. The molecule has 2 aromatic rings. The van der Waals surface area contributed by atoms with Crippen LogP contribution in [0.15, 0.2) is 42.5 Å². The van der Waals surface area contributed by atoms with Crippen LogP contribution in [0.25, 0.3) is 0 Å². The third-order valence-electron chi connectivity index (χ3n) is 5.00. The molecular formula is C22H27FN4O2. The summed E-state index contributed by atoms with van der Waals surface area (Å²) in [4.78, 5) is 27.0. The molecule has 0 heterocycles. The minimum absolute atomic E-state index is 0.144. The molecule has 0 radical (unpaired) electrons. The largest absolute Gasteiger partial charge is 0.377 e. The van der Waals surface area contributed by atoms with Crippen LogP contribution in [0.5, 0.6) is 0 Å². The van der Waals surface area contributed by atoms with Crippen LogP contribution in [0.2, 0.25) is 0 Å². The molecular weight excluding hydrogens is 371 g/mol. The van der Waals surface area contributed by atoms with Gasteiger partial charge < -0.3 is 20.9 Å². The molecule has 2 aromatic carbocycles. The van der Waals surface area contributed by atoms with Gasteiger partial charge in [-0.05, 0) is 49.2 Å². The van der Waals surface area contributed by atoms with E-state index in [2.05, 4.69) is 16.0 Å². The highest BCUT2D eigenvalue weighted by Gasteiger charge is 2.20. The molecule has 0 aliphatic heterocycles. The Morgan fingerprint density at radius 1 is 0.966 bits per heavy atom. The van der Waals surface area contributed by atoms with E-state index < -0.39 is 11.8 Å². The Balaban J connectivity index is 1.73. The van der Waals surface area contributed by atoms with Crippen LogP contribution < -0.4 is 20.9 Å². The van der Waals surface area contributed by atoms with E-state index in [1.807, 2.05) is 19.0 Å². The molecule has 3 N–H and O–H groups in total. The van der Waals surface area contributed by atoms with Crippen molar-refractivity contribution in [3.8, 4) is 0 Å². The lowest BCUT2D eigenvalue weighted by Crippen LogP contribution is -2.36. The monoisotopic (exact) mass is 398 g/mol. The summed E-state index contributed by atoms with van der Waals surface area (Å²) in [5, 5.41) is 8.41. The number of nitrogens with one attached hydrogen (secondary N) is 3. The molecule has 154 valence electrons. The van der Waals surface area contributed by atoms with Crippen LogP contribution in [0, 0.1) is 5.82 Å². The molecule has 0 bridgehead atoms. The number of nitrogens with zero attached hydrogens (tertiary/aromatic N) is 1. The van der Waals surface area contributed by atoms with Gasteiger partial charge in [-0.2, -0.15) is 0 Å². The quantitative estimate of drug-likeness (QED) is 0.689. The van der Waals surface area contributed by atoms with E-state index in [0.29, 0.717) is 16.9 Å². The smallest absolute Gasteiger partial charge is 0.323 e. The van der Waals surface area contributed by atoms with Gasteiger partial charge >= 0.3 is 6.03 Å². The molecule has 29 heavy (non-hydrogen) atoms. The normalized spacial score (nSPS) is 14.2. The summed E-state index contributed by atoms with van der Waals surface area (Å²) in [6.45, 7) is 0. The zero-order valence-electron chi connectivity index (χ0n) is 16.8. The van der Waals surface area contributed by atoms with E-state index in [1.165, 1.54) is 24.6 Å². The van der Waals surface area contributed by atoms with Gasteiger partial charge in [0.25, 0.3) is 5.91 Å². The molecule has 0 aromatic heterocycles. The Hall–Kier alpha value is -3.09. The Bertz CT molecular complexity index is 879. The summed E-state index contributed by atoms with van der Waals surface area (Å²) < 4.78 is 13.3. The van der Waals surface area contributed by atoms with Crippen molar-refractivity contribution in [1.82, 2.24) is 5.32 Å². The third-order valence-corrected chi connectivity index (χ3v) is 5.00. The lowest BCUT2D eigenvalue weighted by Gasteiger charge is -2.24. The van der Waals surface area contributed by atoms with Crippen molar-refractivity contribution >= 4 is 29.0 Å². The number of carbonyl (C=O) groups is 2. The first-order chi connectivity index (χ1) is 13.9. The van der Waals surface area contributed by atoms with Gasteiger partial charge in [0, 0.05) is 37.2 Å². The van der Waals surface area contributed by atoms with Gasteiger partial charge in [-0.15, -0.1) is 0 Å². The highest BCUT2D eigenvalue weighted by molar-refractivity contribution is 6.04. The first-order valence-electron chi connectivity index (χ1n) is 9.88. The maximum atomic E-state index is 13.3. The summed E-state index contributed by atoms with van der Waals surface area (Å²) in [6.07, 6.45) is 5.48. The zero-order chi connectivity index (χ0) is 20.8. The summed E-state index contributed by atoms with van der Waals surface area (Å²) in [6, 6.07) is 10.5. The number of anilines is 3. The Kier molecular flexibility index (Phi) is 6.69. The average molecular weight is 398 g/mol. The average Bonchev–Trinajstić information content (AvgIpc) is 2.68. The lowest BCUT2D eigenvalue weighted by atomic mass is 9.95. The van der Waals surface area contributed by atoms with E-state index in [-0.39, 0.29) is 11.9 Å². The fraction of sp³-hybridized carbons (Fsp3) is 0.364. The number of hydrogen-bond donors (Lipinski definition) is 3. The second-order valence-electron chi connectivity index (χ2n) is 7.52. The number of benzene rings is 2. The van der Waals surface area contributed by atoms with Crippen LogP contribution in [0.3, 0.4) is 0 Å². The minimum atomic E-state index is -0.508. The van der Waals surface area contributed by atoms with Crippen LogP contribution in [-0.4, -0.2) is 32.1 Å². The van der Waals surface area contributed by atoms with Crippen molar-refractivity contribution in [1.29, 1.82) is 0 Å². The van der Waals surface area contributed by atoms with Gasteiger partial charge in [0.1, 0.15) is 5.82 Å². The number of urea groups is 1. The first kappa shape index (κ1) is 20.6. The first-order valence-corrected chi connectivity index (χ1v) is 9.88. The molecule has 1 aliphatic rings. The number of amides is 3. The number of carbonyl (C=O) groups excluding carboxylic acids is 2. The van der Waals surface area contributed by atoms with E-state index in [9.17, 15) is 14.0 Å². The van der Waals surface area contributed by atoms with Crippen LogP contribution in [0.4, 0.5) is 26.2 Å². The molecule has 0 unspecified atom stereocenters. The van der Waals surface area contributed by atoms with Gasteiger partial charge in [0.2, 0.25) is 0 Å². The molecule has 6 nitrogen and oxygen atoms in total. The predicted octanol–water partition coefficient (Wildman–Crippen LogP) is 4.60. The van der Waals surface area contributed by atoms with Gasteiger partial charge in [0.15, 0.2) is 0 Å². The molecule has 0 saturated heterocycles. The molecule has 3 rings (SSSR count). The minimum Gasteiger partial charge on any atom is -0.377 e. The lowest BCUT2D eigenvalue weighted by molar-refractivity contribution is 0.0928. The van der Waals surface area contributed by atoms with Crippen molar-refractivity contribution in [2.75, 3.05) is 29.6 Å². The van der Waals surface area contributed by atoms with E-state index in [0.717, 1.165) is 31.4 Å². The van der Waals surface area contributed by atoms with Crippen molar-refractivity contribution in [3.63, 3.8) is 0 Å². The van der Waals surface area contributed by atoms with E-state index in [1.54, 1.807) is 24.3 Å². The second-order valence-corrected chi connectivity index (χ2v) is 7.52. The summed E-state index contributed by atoms with van der Waals surface area (Å²) in [5.41, 5.74) is 2.11. The maximum Gasteiger partial charge on any atom is 0.323 e. The maximum absolute atomic E-state index is 13.3. The Labute approximate surface area is 170 Å². The van der Waals surface area contributed by atoms with Gasteiger partial charge in [-0.25, -0.2) is 9.18 Å². The zero-order valence-corrected chi connectivity index (χ0v) is 16.8. The molecule has 1 saturated carbocycles. The standard InChI is InChI=1S/C22H27FN4O2/c1-27(2)20-12-11-18(26-22(29)25-17-10-6-7-15(23)13-17)14-19(20)21(28)24-16-8-4-3-5-9-16/h6-7,10-14,16H,3-5,8-9H2,1-2H3,(H,24,28)(H2,25,26,29). The van der Waals surface area contributed by atoms with Gasteiger partial charge in [-0.1, -0.05) is 25.3 Å². The summed E-state index contributed by atoms with van der Waals surface area (Å²) >= 11 is 0. The highest BCUT2D eigenvalue weighted by Crippen LogP contribution is 2.25. The summed E-state index contributed by atoms with van der Waals surface area (Å²) in [7, 11) is 3.74. The summed E-state index contributed by atoms with van der Waals surface area (Å²) in [5.74, 6) is -0.574. The van der Waals surface area contributed by atoms with Gasteiger partial charge in [-0.3, -0.25) is 4.79 Å². The number of hydrogen-bond acceptors (Lipinski definition) is 3. The molecule has 0 atom stereocenters. The number of halogens is 1. The predicted molar refractivity (Wildman–Crippen MR) is 114 cm³/mol. The van der Waals surface area contributed by atoms with E-state index in [4.69, 9.17) is 0 Å². The highest BCUT2D eigenvalue weighted by atomic mass is 19.1. The van der Waals surface area contributed by atoms with Gasteiger partial charge in [0.05, 0.1) is 5.56 Å². The van der Waals surface area contributed by atoms with Crippen molar-refractivity contribution < 1.29 is 14.0 Å². The van der Waals surface area contributed by atoms with E-state index >= 15 is 0 Å². The van der Waals surface area contributed by atoms with Crippen LogP contribution >= 0.6 is 0 Å². The molecule has 3 amide bonds. The SMILES string of the molecule is CN(C)c1ccc(NC(=O)Nc2cccc(F)c2)cc1C(=O)NC1CCCCC1. The van der Waals surface area contributed by atoms with Crippen molar-refractivity contribution in [2.45, 2.75) is 38.1 Å². The Morgan fingerprint density at radius 3 is 2.31 bits per heavy atom. The molecule has 1 fully saturated rings. The van der Waals surface area contributed by atoms with Crippen molar-refractivity contribution in [3.05, 3.63) is 53.8 Å². The van der Waals surface area contributed by atoms with Crippen molar-refractivity contribution in [2.24, 2.45) is 0 Å². The Morgan fingerprint density at radius 2 is 1.66 bits per heavy atom. The van der Waals surface area contributed by atoms with Crippen LogP contribution in [-0.2, 0) is 0 Å². The topological polar surface area (TPSA) is 73.5 Å². The molecule has 7 heteroatoms. The third kappa shape index (κ3) is 5.70. The fourth-order valence-corrected chi connectivity index (χ4v) is 3.56.